The monoisotopic (exact) mass is 288 g/mol. The van der Waals surface area contributed by atoms with E-state index >= 15 is 0 Å². The molecular weight excluding hydrogens is 260 g/mol. The molecule has 2 aromatic rings. The Morgan fingerprint density at radius 3 is 2.67 bits per heavy atom. The number of rotatable bonds is 7. The second-order valence-corrected chi connectivity index (χ2v) is 6.99. The van der Waals surface area contributed by atoms with Gasteiger partial charge in [-0.2, -0.15) is 0 Å². The van der Waals surface area contributed by atoms with Crippen molar-refractivity contribution in [2.75, 3.05) is 6.54 Å². The van der Waals surface area contributed by atoms with Gasteiger partial charge in [0, 0.05) is 24.8 Å². The molecule has 116 valence electrons. The van der Waals surface area contributed by atoms with E-state index in [9.17, 15) is 5.11 Å². The summed E-state index contributed by atoms with van der Waals surface area (Å²) < 4.78 is 2.22. The van der Waals surface area contributed by atoms with Gasteiger partial charge < -0.3 is 15.0 Å². The molecule has 0 amide bonds. The fourth-order valence-corrected chi connectivity index (χ4v) is 2.45. The summed E-state index contributed by atoms with van der Waals surface area (Å²) >= 11 is 0. The number of benzene rings is 1. The maximum atomic E-state index is 9.85. The molecular formula is C18H28N2O. The van der Waals surface area contributed by atoms with Crippen LogP contribution in [0.1, 0.15) is 39.7 Å². The minimum atomic E-state index is -0.614. The first kappa shape index (κ1) is 16.1. The lowest BCUT2D eigenvalue weighted by Crippen LogP contribution is -2.20. The van der Waals surface area contributed by atoms with Crippen molar-refractivity contribution in [3.8, 4) is 0 Å². The van der Waals surface area contributed by atoms with E-state index in [1.54, 1.807) is 0 Å². The molecule has 0 spiro atoms. The summed E-state index contributed by atoms with van der Waals surface area (Å²) in [6.07, 6.45) is 2.87. The summed E-state index contributed by atoms with van der Waals surface area (Å²) in [6, 6.07) is 8.79. The maximum absolute atomic E-state index is 9.85. The first-order valence-electron chi connectivity index (χ1n) is 7.86. The zero-order valence-corrected chi connectivity index (χ0v) is 13.7. The zero-order chi connectivity index (χ0) is 15.5. The molecule has 1 aromatic heterocycles. The van der Waals surface area contributed by atoms with Crippen LogP contribution in [-0.4, -0.2) is 21.8 Å². The van der Waals surface area contributed by atoms with Gasteiger partial charge in [-0.3, -0.25) is 0 Å². The predicted octanol–water partition coefficient (Wildman–Crippen LogP) is 3.55. The van der Waals surface area contributed by atoms with Crippen LogP contribution in [0, 0.1) is 5.92 Å². The number of nitrogens with zero attached hydrogens (tertiary/aromatic N) is 1. The van der Waals surface area contributed by atoms with Gasteiger partial charge in [-0.15, -0.1) is 0 Å². The van der Waals surface area contributed by atoms with Gasteiger partial charge in [-0.05, 0) is 61.9 Å². The highest BCUT2D eigenvalue weighted by molar-refractivity contribution is 5.80. The Kier molecular flexibility index (Phi) is 5.07. The van der Waals surface area contributed by atoms with E-state index in [1.807, 2.05) is 13.8 Å². The zero-order valence-electron chi connectivity index (χ0n) is 13.7. The Morgan fingerprint density at radius 2 is 2.00 bits per heavy atom. The van der Waals surface area contributed by atoms with Gasteiger partial charge in [-0.25, -0.2) is 0 Å². The highest BCUT2D eigenvalue weighted by Crippen LogP contribution is 2.19. The van der Waals surface area contributed by atoms with Gasteiger partial charge in [0.15, 0.2) is 0 Å². The normalized spacial score (nSPS) is 12.5. The largest absolute Gasteiger partial charge is 0.390 e. The van der Waals surface area contributed by atoms with E-state index in [2.05, 4.69) is 54.2 Å². The van der Waals surface area contributed by atoms with Crippen molar-refractivity contribution < 1.29 is 5.11 Å². The van der Waals surface area contributed by atoms with E-state index in [0.29, 0.717) is 5.92 Å². The van der Waals surface area contributed by atoms with E-state index in [4.69, 9.17) is 0 Å². The quantitative estimate of drug-likeness (QED) is 0.817. The summed E-state index contributed by atoms with van der Waals surface area (Å²) in [4.78, 5) is 0. The fraction of sp³-hybridized carbons (Fsp3) is 0.556. The summed E-state index contributed by atoms with van der Waals surface area (Å²) in [6.45, 7) is 11.0. The molecule has 0 bridgehead atoms. The van der Waals surface area contributed by atoms with Crippen LogP contribution in [0.25, 0.3) is 10.9 Å². The van der Waals surface area contributed by atoms with Gasteiger partial charge >= 0.3 is 0 Å². The van der Waals surface area contributed by atoms with Crippen LogP contribution in [-0.2, 0) is 13.1 Å². The molecule has 3 nitrogen and oxygen atoms in total. The molecule has 0 aliphatic carbocycles. The lowest BCUT2D eigenvalue weighted by molar-refractivity contribution is 0.0666. The molecule has 0 unspecified atom stereocenters. The number of aromatic nitrogens is 1. The minimum Gasteiger partial charge on any atom is -0.390 e. The number of aryl methyl sites for hydroxylation is 1. The number of hydrogen-bond donors (Lipinski definition) is 2. The number of aliphatic hydroxyl groups is 1. The molecule has 0 fully saturated rings. The number of fused-ring (bicyclic) bond motifs is 1. The molecule has 21 heavy (non-hydrogen) atoms. The maximum Gasteiger partial charge on any atom is 0.0608 e. The third-order valence-corrected chi connectivity index (χ3v) is 3.68. The highest BCUT2D eigenvalue weighted by Gasteiger charge is 2.12. The van der Waals surface area contributed by atoms with Crippen molar-refractivity contribution in [2.45, 2.75) is 52.8 Å². The molecule has 1 aromatic carbocycles. The van der Waals surface area contributed by atoms with Crippen molar-refractivity contribution in [3.63, 3.8) is 0 Å². The second-order valence-electron chi connectivity index (χ2n) is 6.99. The highest BCUT2D eigenvalue weighted by atomic mass is 16.3. The molecule has 2 rings (SSSR count). The predicted molar refractivity (Wildman–Crippen MR) is 89.4 cm³/mol. The van der Waals surface area contributed by atoms with Gasteiger partial charge in [-0.1, -0.05) is 19.9 Å². The van der Waals surface area contributed by atoms with Crippen molar-refractivity contribution in [1.82, 2.24) is 9.88 Å². The van der Waals surface area contributed by atoms with Crippen LogP contribution >= 0.6 is 0 Å². The average molecular weight is 288 g/mol. The van der Waals surface area contributed by atoms with Crippen LogP contribution in [0.4, 0.5) is 0 Å². The van der Waals surface area contributed by atoms with Crippen molar-refractivity contribution >= 4 is 10.9 Å². The molecule has 0 radical (unpaired) electrons. The topological polar surface area (TPSA) is 37.2 Å². The Bertz CT molecular complexity index is 578. The van der Waals surface area contributed by atoms with Gasteiger partial charge in [0.2, 0.25) is 0 Å². The molecule has 1 heterocycles. The van der Waals surface area contributed by atoms with Crippen molar-refractivity contribution in [2.24, 2.45) is 5.92 Å². The lowest BCUT2D eigenvalue weighted by Gasteiger charge is -2.17. The van der Waals surface area contributed by atoms with E-state index in [1.165, 1.54) is 16.5 Å². The Hall–Kier alpha value is -1.32. The molecule has 0 saturated carbocycles. The first-order chi connectivity index (χ1) is 9.85. The van der Waals surface area contributed by atoms with Crippen LogP contribution in [0.3, 0.4) is 0 Å². The molecule has 0 aliphatic heterocycles. The Morgan fingerprint density at radius 1 is 1.24 bits per heavy atom. The third-order valence-electron chi connectivity index (χ3n) is 3.68. The summed E-state index contributed by atoms with van der Waals surface area (Å²) in [5.74, 6) is 0.677. The van der Waals surface area contributed by atoms with Crippen molar-refractivity contribution in [3.05, 3.63) is 36.0 Å². The van der Waals surface area contributed by atoms with Gasteiger partial charge in [0.1, 0.15) is 0 Å². The summed E-state index contributed by atoms with van der Waals surface area (Å²) in [5, 5.41) is 14.6. The fourth-order valence-electron chi connectivity index (χ4n) is 2.45. The molecule has 2 N–H and O–H groups in total. The molecule has 0 saturated heterocycles. The van der Waals surface area contributed by atoms with Crippen LogP contribution < -0.4 is 5.32 Å². The minimum absolute atomic E-state index is 0.614. The summed E-state index contributed by atoms with van der Waals surface area (Å²) in [5.41, 5.74) is 1.95. The molecule has 3 heteroatoms. The first-order valence-corrected chi connectivity index (χ1v) is 7.86. The standard InChI is InChI=1S/C18H28N2O/c1-14(2)12-19-13-15-5-6-17-16(11-15)7-9-20(17)10-8-18(3,4)21/h5-7,9,11,14,19,21H,8,10,12-13H2,1-4H3. The SMILES string of the molecule is CC(C)CNCc1ccc2c(ccn2CCC(C)(C)O)c1. The number of nitrogens with one attached hydrogen (secondary N) is 1. The second kappa shape index (κ2) is 6.63. The summed E-state index contributed by atoms with van der Waals surface area (Å²) in [7, 11) is 0. The van der Waals surface area contributed by atoms with Gasteiger partial charge in [0.25, 0.3) is 0 Å². The van der Waals surface area contributed by atoms with E-state index in [-0.39, 0.29) is 0 Å². The average Bonchev–Trinajstić information content (AvgIpc) is 2.77. The third kappa shape index (κ3) is 4.87. The number of hydrogen-bond acceptors (Lipinski definition) is 2. The Labute approximate surface area is 128 Å². The van der Waals surface area contributed by atoms with Crippen LogP contribution in [0.15, 0.2) is 30.5 Å². The molecule has 0 aliphatic rings. The van der Waals surface area contributed by atoms with Crippen molar-refractivity contribution in [1.29, 1.82) is 0 Å². The lowest BCUT2D eigenvalue weighted by atomic mass is 10.1. The van der Waals surface area contributed by atoms with Crippen LogP contribution in [0.2, 0.25) is 0 Å². The Balaban J connectivity index is 2.04. The van der Waals surface area contributed by atoms with E-state index in [0.717, 1.165) is 26.1 Å². The molecule has 0 atom stereocenters. The van der Waals surface area contributed by atoms with Crippen LogP contribution in [0.5, 0.6) is 0 Å². The smallest absolute Gasteiger partial charge is 0.0608 e. The van der Waals surface area contributed by atoms with E-state index < -0.39 is 5.60 Å². The van der Waals surface area contributed by atoms with Gasteiger partial charge in [0.05, 0.1) is 5.60 Å².